The molecule has 2 aliphatic rings. The minimum absolute atomic E-state index is 0.419. The molecule has 0 aromatic rings. The number of hydrogen-bond donors (Lipinski definition) is 1. The molecule has 17 heavy (non-hydrogen) atoms. The van der Waals surface area contributed by atoms with Crippen molar-refractivity contribution >= 4 is 35.3 Å². The molecule has 0 aromatic carbocycles. The van der Waals surface area contributed by atoms with Gasteiger partial charge in [-0.3, -0.25) is 0 Å². The average molecular weight is 292 g/mol. The Labute approximate surface area is 119 Å². The Hall–Kier alpha value is 1.01. The predicted molar refractivity (Wildman–Crippen MR) is 85.3 cm³/mol. The molecule has 2 aliphatic heterocycles. The van der Waals surface area contributed by atoms with Gasteiger partial charge in [-0.1, -0.05) is 19.8 Å². The second-order valence-corrected chi connectivity index (χ2v) is 10.1. The van der Waals surface area contributed by atoms with E-state index < -0.39 is 0 Å². The topological polar surface area (TPSA) is 12.0 Å². The van der Waals surface area contributed by atoms with Crippen molar-refractivity contribution in [2.75, 3.05) is 23.8 Å². The van der Waals surface area contributed by atoms with Crippen LogP contribution in [0.15, 0.2) is 0 Å². The highest BCUT2D eigenvalue weighted by atomic mass is 32.2. The van der Waals surface area contributed by atoms with Crippen LogP contribution in [0.25, 0.3) is 0 Å². The molecule has 1 N–H and O–H groups in total. The maximum absolute atomic E-state index is 3.79. The van der Waals surface area contributed by atoms with Gasteiger partial charge in [-0.25, -0.2) is 0 Å². The second-order valence-electron chi connectivity index (χ2n) is 5.20. The standard InChI is InChI=1S/C13H25NS3/c1-3-4-5-13(14-8-9-17-13)7-6-12(2)15-10-11-16-12/h14H,3-11H2,1-2H3. The summed E-state index contributed by atoms with van der Waals surface area (Å²) >= 11 is 6.54. The van der Waals surface area contributed by atoms with Crippen molar-refractivity contribution in [3.8, 4) is 0 Å². The van der Waals surface area contributed by atoms with E-state index in [1.807, 2.05) is 0 Å². The van der Waals surface area contributed by atoms with E-state index in [-0.39, 0.29) is 0 Å². The average Bonchev–Trinajstić information content (AvgIpc) is 2.95. The van der Waals surface area contributed by atoms with Crippen LogP contribution in [0.1, 0.15) is 46.0 Å². The van der Waals surface area contributed by atoms with E-state index >= 15 is 0 Å². The predicted octanol–water partition coefficient (Wildman–Crippen LogP) is 4.19. The third kappa shape index (κ3) is 3.99. The fraction of sp³-hybridized carbons (Fsp3) is 1.00. The molecule has 4 heteroatoms. The van der Waals surface area contributed by atoms with E-state index in [0.29, 0.717) is 8.95 Å². The first-order valence-corrected chi connectivity index (χ1v) is 9.81. The minimum Gasteiger partial charge on any atom is -0.302 e. The van der Waals surface area contributed by atoms with Crippen molar-refractivity contribution in [1.82, 2.24) is 5.32 Å². The summed E-state index contributed by atoms with van der Waals surface area (Å²) in [7, 11) is 0. The van der Waals surface area contributed by atoms with E-state index in [1.165, 1.54) is 55.9 Å². The van der Waals surface area contributed by atoms with Crippen LogP contribution >= 0.6 is 35.3 Å². The summed E-state index contributed by atoms with van der Waals surface area (Å²) in [5.41, 5.74) is 0. The Morgan fingerprint density at radius 2 is 1.76 bits per heavy atom. The summed E-state index contributed by atoms with van der Waals surface area (Å²) in [6.45, 7) is 5.96. The molecule has 2 saturated heterocycles. The van der Waals surface area contributed by atoms with Crippen LogP contribution in [0.2, 0.25) is 0 Å². The first-order valence-electron chi connectivity index (χ1n) is 6.85. The maximum atomic E-state index is 3.79. The highest BCUT2D eigenvalue weighted by molar-refractivity contribution is 8.21. The maximum Gasteiger partial charge on any atom is 0.0646 e. The highest BCUT2D eigenvalue weighted by Crippen LogP contribution is 2.49. The SMILES string of the molecule is CCCCC1(CCC2(C)SCCS2)NCCS1. The van der Waals surface area contributed by atoms with Crippen molar-refractivity contribution in [1.29, 1.82) is 0 Å². The van der Waals surface area contributed by atoms with Crippen LogP contribution in [0.4, 0.5) is 0 Å². The van der Waals surface area contributed by atoms with Crippen LogP contribution in [0.5, 0.6) is 0 Å². The molecule has 0 aromatic heterocycles. The summed E-state index contributed by atoms with van der Waals surface area (Å²) < 4.78 is 0.504. The molecule has 0 spiro atoms. The normalized spacial score (nSPS) is 32.1. The molecule has 1 atom stereocenters. The van der Waals surface area contributed by atoms with E-state index in [2.05, 4.69) is 54.4 Å². The van der Waals surface area contributed by atoms with Crippen molar-refractivity contribution in [3.05, 3.63) is 0 Å². The largest absolute Gasteiger partial charge is 0.302 e. The zero-order valence-corrected chi connectivity index (χ0v) is 13.5. The molecule has 1 unspecified atom stereocenters. The van der Waals surface area contributed by atoms with Crippen LogP contribution in [-0.2, 0) is 0 Å². The van der Waals surface area contributed by atoms with Crippen molar-refractivity contribution < 1.29 is 0 Å². The zero-order chi connectivity index (χ0) is 12.2. The number of unbranched alkanes of at least 4 members (excludes halogenated alkanes) is 1. The summed E-state index contributed by atoms with van der Waals surface area (Å²) in [6.07, 6.45) is 6.78. The van der Waals surface area contributed by atoms with E-state index in [9.17, 15) is 0 Å². The Kier molecular flexibility index (Phi) is 5.47. The number of thioether (sulfide) groups is 3. The molecule has 100 valence electrons. The zero-order valence-electron chi connectivity index (χ0n) is 11.1. The Bertz CT molecular complexity index is 233. The van der Waals surface area contributed by atoms with Gasteiger partial charge in [0.05, 0.1) is 8.95 Å². The lowest BCUT2D eigenvalue weighted by Gasteiger charge is -2.32. The van der Waals surface area contributed by atoms with Gasteiger partial charge in [0.2, 0.25) is 0 Å². The van der Waals surface area contributed by atoms with Crippen LogP contribution in [-0.4, -0.2) is 32.8 Å². The first kappa shape index (κ1) is 14.4. The van der Waals surface area contributed by atoms with Crippen molar-refractivity contribution in [2.45, 2.75) is 54.9 Å². The van der Waals surface area contributed by atoms with Crippen LogP contribution in [0, 0.1) is 0 Å². The van der Waals surface area contributed by atoms with Crippen LogP contribution < -0.4 is 5.32 Å². The molecular formula is C13H25NS3. The quantitative estimate of drug-likeness (QED) is 0.787. The summed E-state index contributed by atoms with van der Waals surface area (Å²) in [5, 5.41) is 3.79. The Balaban J connectivity index is 1.84. The minimum atomic E-state index is 0.419. The lowest BCUT2D eigenvalue weighted by Crippen LogP contribution is -2.38. The highest BCUT2D eigenvalue weighted by Gasteiger charge is 2.38. The molecule has 1 nitrogen and oxygen atoms in total. The van der Waals surface area contributed by atoms with Gasteiger partial charge in [0.15, 0.2) is 0 Å². The van der Waals surface area contributed by atoms with E-state index in [4.69, 9.17) is 0 Å². The molecule has 0 saturated carbocycles. The van der Waals surface area contributed by atoms with E-state index in [1.54, 1.807) is 0 Å². The van der Waals surface area contributed by atoms with Gasteiger partial charge in [0.1, 0.15) is 0 Å². The van der Waals surface area contributed by atoms with Gasteiger partial charge in [0, 0.05) is 23.8 Å². The molecule has 2 fully saturated rings. The molecular weight excluding hydrogens is 266 g/mol. The van der Waals surface area contributed by atoms with Gasteiger partial charge in [0.25, 0.3) is 0 Å². The molecule has 2 rings (SSSR count). The molecule has 2 heterocycles. The Morgan fingerprint density at radius 3 is 2.35 bits per heavy atom. The van der Waals surface area contributed by atoms with Crippen molar-refractivity contribution in [3.63, 3.8) is 0 Å². The summed E-state index contributed by atoms with van der Waals surface area (Å²) in [6, 6.07) is 0. The van der Waals surface area contributed by atoms with Gasteiger partial charge >= 0.3 is 0 Å². The van der Waals surface area contributed by atoms with Crippen molar-refractivity contribution in [2.24, 2.45) is 0 Å². The first-order chi connectivity index (χ1) is 8.18. The molecule has 0 radical (unpaired) electrons. The number of rotatable bonds is 6. The summed E-state index contributed by atoms with van der Waals surface area (Å²) in [4.78, 5) is 0.419. The third-order valence-corrected chi connectivity index (χ3v) is 8.67. The smallest absolute Gasteiger partial charge is 0.0646 e. The molecule has 0 bridgehead atoms. The second kappa shape index (κ2) is 6.44. The van der Waals surface area contributed by atoms with E-state index in [0.717, 1.165) is 0 Å². The fourth-order valence-electron chi connectivity index (χ4n) is 2.61. The van der Waals surface area contributed by atoms with Gasteiger partial charge in [-0.2, -0.15) is 0 Å². The fourth-order valence-corrected chi connectivity index (χ4v) is 6.81. The van der Waals surface area contributed by atoms with Gasteiger partial charge < -0.3 is 5.32 Å². The number of hydrogen-bond acceptors (Lipinski definition) is 4. The van der Waals surface area contributed by atoms with Crippen LogP contribution in [0.3, 0.4) is 0 Å². The lowest BCUT2D eigenvalue weighted by molar-refractivity contribution is 0.409. The molecule has 0 amide bonds. The summed E-state index contributed by atoms with van der Waals surface area (Å²) in [5.74, 6) is 4.01. The number of nitrogens with one attached hydrogen (secondary N) is 1. The Morgan fingerprint density at radius 1 is 1.00 bits per heavy atom. The van der Waals surface area contributed by atoms with Gasteiger partial charge in [-0.15, -0.1) is 35.3 Å². The molecule has 0 aliphatic carbocycles. The van der Waals surface area contributed by atoms with Gasteiger partial charge in [-0.05, 0) is 26.2 Å². The lowest BCUT2D eigenvalue weighted by atomic mass is 10.0. The third-order valence-electron chi connectivity index (χ3n) is 3.74. The monoisotopic (exact) mass is 291 g/mol.